The summed E-state index contributed by atoms with van der Waals surface area (Å²) in [4.78, 5) is 11.6. The lowest BCUT2D eigenvalue weighted by Gasteiger charge is -2.32. The lowest BCUT2D eigenvalue weighted by Crippen LogP contribution is -2.41. The van der Waals surface area contributed by atoms with E-state index in [1.54, 1.807) is 0 Å². The Morgan fingerprint density at radius 2 is 1.80 bits per heavy atom. The number of rotatable bonds is 2. The van der Waals surface area contributed by atoms with Gasteiger partial charge in [0.25, 0.3) is 0 Å². The van der Waals surface area contributed by atoms with E-state index in [2.05, 4.69) is 34.6 Å². The van der Waals surface area contributed by atoms with Crippen LogP contribution < -0.4 is 0 Å². The molecule has 0 saturated carbocycles. The van der Waals surface area contributed by atoms with E-state index in [0.717, 1.165) is 19.3 Å². The fourth-order valence-corrected chi connectivity index (χ4v) is 2.82. The van der Waals surface area contributed by atoms with Crippen LogP contribution in [0.3, 0.4) is 0 Å². The molecule has 1 fully saturated rings. The fraction of sp³-hybridized carbons (Fsp3) is 0.800. The Balaban J connectivity index is 2.14. The molecular formula is C15H25BO4. The molecule has 112 valence electrons. The van der Waals surface area contributed by atoms with Crippen LogP contribution in [0.1, 0.15) is 53.9 Å². The first kappa shape index (κ1) is 15.6. The van der Waals surface area contributed by atoms with Gasteiger partial charge in [-0.1, -0.05) is 5.57 Å². The van der Waals surface area contributed by atoms with E-state index in [1.165, 1.54) is 18.2 Å². The van der Waals surface area contributed by atoms with E-state index >= 15 is 0 Å². The zero-order valence-electron chi connectivity index (χ0n) is 13.4. The van der Waals surface area contributed by atoms with Crippen LogP contribution in [0.5, 0.6) is 0 Å². The van der Waals surface area contributed by atoms with E-state index < -0.39 is 0 Å². The third-order valence-electron chi connectivity index (χ3n) is 4.94. The molecule has 1 aliphatic carbocycles. The quantitative estimate of drug-likeness (QED) is 0.576. The molecule has 0 radical (unpaired) electrons. The molecule has 1 aliphatic heterocycles. The topological polar surface area (TPSA) is 44.8 Å². The number of allylic oxidation sites excluding steroid dienone is 2. The van der Waals surface area contributed by atoms with Crippen molar-refractivity contribution in [2.45, 2.75) is 65.1 Å². The van der Waals surface area contributed by atoms with Crippen LogP contribution in [0.25, 0.3) is 0 Å². The molecule has 1 heterocycles. The normalized spacial score (nSPS) is 28.7. The molecule has 0 spiro atoms. The van der Waals surface area contributed by atoms with Crippen molar-refractivity contribution in [2.24, 2.45) is 5.92 Å². The van der Waals surface area contributed by atoms with Crippen molar-refractivity contribution in [3.63, 3.8) is 0 Å². The number of ether oxygens (including phenoxy) is 1. The van der Waals surface area contributed by atoms with Gasteiger partial charge in [-0.15, -0.1) is 0 Å². The van der Waals surface area contributed by atoms with Crippen LogP contribution in [0.4, 0.5) is 0 Å². The van der Waals surface area contributed by atoms with Crippen molar-refractivity contribution >= 4 is 13.1 Å². The highest BCUT2D eigenvalue weighted by Crippen LogP contribution is 2.42. The Kier molecular flexibility index (Phi) is 4.04. The second-order valence-electron chi connectivity index (χ2n) is 6.86. The average molecular weight is 280 g/mol. The summed E-state index contributed by atoms with van der Waals surface area (Å²) in [5, 5.41) is 0. The maximum absolute atomic E-state index is 11.6. The van der Waals surface area contributed by atoms with Gasteiger partial charge in [0.15, 0.2) is 0 Å². The molecule has 1 saturated heterocycles. The van der Waals surface area contributed by atoms with Gasteiger partial charge in [0, 0.05) is 0 Å². The first-order chi connectivity index (χ1) is 9.18. The maximum Gasteiger partial charge on any atom is 0.490 e. The zero-order valence-corrected chi connectivity index (χ0v) is 13.4. The maximum atomic E-state index is 11.6. The average Bonchev–Trinajstić information content (AvgIpc) is 2.57. The van der Waals surface area contributed by atoms with Gasteiger partial charge >= 0.3 is 13.1 Å². The SMILES string of the molecule is COC(=O)C1CCC(B2OC(C)(C)C(C)(C)O2)=C(C)C1. The van der Waals surface area contributed by atoms with Gasteiger partial charge in [-0.05, 0) is 59.4 Å². The Morgan fingerprint density at radius 3 is 2.25 bits per heavy atom. The smallest absolute Gasteiger partial charge is 0.469 e. The monoisotopic (exact) mass is 280 g/mol. The lowest BCUT2D eigenvalue weighted by molar-refractivity contribution is -0.145. The van der Waals surface area contributed by atoms with Crippen LogP contribution in [-0.2, 0) is 18.8 Å². The fourth-order valence-electron chi connectivity index (χ4n) is 2.82. The largest absolute Gasteiger partial charge is 0.490 e. The standard InChI is InChI=1S/C15H25BO4/c1-10-9-11(13(17)18-6)7-8-12(10)16-19-14(2,3)15(4,5)20-16/h11H,7-9H2,1-6H3. The van der Waals surface area contributed by atoms with Gasteiger partial charge in [0.2, 0.25) is 0 Å². The van der Waals surface area contributed by atoms with Crippen molar-refractivity contribution in [2.75, 3.05) is 7.11 Å². The van der Waals surface area contributed by atoms with Gasteiger partial charge in [-0.2, -0.15) is 0 Å². The highest BCUT2D eigenvalue weighted by atomic mass is 16.7. The van der Waals surface area contributed by atoms with E-state index in [-0.39, 0.29) is 30.2 Å². The molecule has 2 aliphatic rings. The number of carbonyl (C=O) groups excluding carboxylic acids is 1. The summed E-state index contributed by atoms with van der Waals surface area (Å²) in [5.41, 5.74) is 1.77. The summed E-state index contributed by atoms with van der Waals surface area (Å²) in [7, 11) is 1.17. The number of hydrogen-bond donors (Lipinski definition) is 0. The van der Waals surface area contributed by atoms with Crippen LogP contribution in [0.2, 0.25) is 0 Å². The van der Waals surface area contributed by atoms with Gasteiger partial charge in [-0.3, -0.25) is 4.79 Å². The third-order valence-corrected chi connectivity index (χ3v) is 4.94. The number of carbonyl (C=O) groups is 1. The predicted octanol–water partition coefficient (Wildman–Crippen LogP) is 2.91. The second kappa shape index (κ2) is 5.19. The van der Waals surface area contributed by atoms with Gasteiger partial charge in [0.1, 0.15) is 0 Å². The molecule has 0 aromatic heterocycles. The van der Waals surface area contributed by atoms with Crippen molar-refractivity contribution in [1.29, 1.82) is 0 Å². The number of methoxy groups -OCH3 is 1. The number of hydrogen-bond acceptors (Lipinski definition) is 4. The summed E-state index contributed by atoms with van der Waals surface area (Å²) < 4.78 is 17.0. The third kappa shape index (κ3) is 2.66. The van der Waals surface area contributed by atoms with Gasteiger partial charge < -0.3 is 14.0 Å². The molecule has 0 amide bonds. The van der Waals surface area contributed by atoms with Crippen LogP contribution in [0.15, 0.2) is 11.0 Å². The summed E-state index contributed by atoms with van der Waals surface area (Å²) >= 11 is 0. The van der Waals surface area contributed by atoms with E-state index in [1.807, 2.05) is 0 Å². The van der Waals surface area contributed by atoms with Crippen LogP contribution in [0, 0.1) is 5.92 Å². The minimum atomic E-state index is -0.315. The van der Waals surface area contributed by atoms with Crippen LogP contribution in [-0.4, -0.2) is 31.4 Å². The Labute approximate surface area is 122 Å². The molecule has 20 heavy (non-hydrogen) atoms. The van der Waals surface area contributed by atoms with Crippen molar-refractivity contribution in [1.82, 2.24) is 0 Å². The van der Waals surface area contributed by atoms with Gasteiger partial charge in [-0.25, -0.2) is 0 Å². The first-order valence-electron chi connectivity index (χ1n) is 7.30. The molecule has 1 unspecified atom stereocenters. The van der Waals surface area contributed by atoms with Crippen molar-refractivity contribution < 1.29 is 18.8 Å². The van der Waals surface area contributed by atoms with Gasteiger partial charge in [0.05, 0.1) is 24.2 Å². The second-order valence-corrected chi connectivity index (χ2v) is 6.86. The molecule has 2 rings (SSSR count). The van der Waals surface area contributed by atoms with Crippen molar-refractivity contribution in [3.8, 4) is 0 Å². The Bertz CT molecular complexity index is 423. The van der Waals surface area contributed by atoms with Crippen molar-refractivity contribution in [3.05, 3.63) is 11.0 Å². The highest BCUT2D eigenvalue weighted by molar-refractivity contribution is 6.54. The van der Waals surface area contributed by atoms with Crippen LogP contribution >= 0.6 is 0 Å². The van der Waals surface area contributed by atoms with E-state index in [0.29, 0.717) is 0 Å². The summed E-state index contributed by atoms with van der Waals surface area (Å²) in [6.07, 6.45) is 2.39. The molecular weight excluding hydrogens is 255 g/mol. The summed E-state index contributed by atoms with van der Waals surface area (Å²) in [6.45, 7) is 10.3. The molecule has 0 bridgehead atoms. The molecule has 4 nitrogen and oxygen atoms in total. The predicted molar refractivity (Wildman–Crippen MR) is 78.1 cm³/mol. The van der Waals surface area contributed by atoms with E-state index in [9.17, 15) is 4.79 Å². The van der Waals surface area contributed by atoms with E-state index in [4.69, 9.17) is 14.0 Å². The molecule has 0 aromatic carbocycles. The zero-order chi connectivity index (χ0) is 15.1. The molecule has 0 aromatic rings. The lowest BCUT2D eigenvalue weighted by atomic mass is 9.67. The minimum absolute atomic E-state index is 0.0221. The highest BCUT2D eigenvalue weighted by Gasteiger charge is 2.53. The first-order valence-corrected chi connectivity index (χ1v) is 7.30. The summed E-state index contributed by atoms with van der Waals surface area (Å²) in [6, 6.07) is 0. The Morgan fingerprint density at radius 1 is 1.25 bits per heavy atom. The molecule has 1 atom stereocenters. The summed E-state index contributed by atoms with van der Waals surface area (Å²) in [5.74, 6) is -0.136. The molecule has 0 N–H and O–H groups in total. The minimum Gasteiger partial charge on any atom is -0.469 e. The molecule has 5 heteroatoms. The number of esters is 1. The Hall–Kier alpha value is -0.805.